The van der Waals surface area contributed by atoms with Crippen molar-refractivity contribution >= 4 is 39.4 Å². The molecule has 2 heterocycles. The van der Waals surface area contributed by atoms with Crippen molar-refractivity contribution < 1.29 is 14.3 Å². The van der Waals surface area contributed by atoms with E-state index in [-0.39, 0.29) is 5.56 Å². The van der Waals surface area contributed by atoms with Gasteiger partial charge in [-0.15, -0.1) is 11.3 Å². The summed E-state index contributed by atoms with van der Waals surface area (Å²) in [5.41, 5.74) is 5.01. The average Bonchev–Trinajstić information content (AvgIpc) is 3.45. The molecule has 5 rings (SSSR count). The van der Waals surface area contributed by atoms with E-state index in [2.05, 4.69) is 30.1 Å². The van der Waals surface area contributed by atoms with E-state index < -0.39 is 5.97 Å². The highest BCUT2D eigenvalue weighted by Crippen LogP contribution is 2.31. The van der Waals surface area contributed by atoms with Gasteiger partial charge in [0.05, 0.1) is 27.7 Å². The lowest BCUT2D eigenvalue weighted by atomic mass is 10.1. The Bertz CT molecular complexity index is 1460. The molecule has 32 heavy (non-hydrogen) atoms. The predicted molar refractivity (Wildman–Crippen MR) is 128 cm³/mol. The summed E-state index contributed by atoms with van der Waals surface area (Å²) in [6.45, 7) is 2.07. The Labute approximate surface area is 188 Å². The molecule has 0 radical (unpaired) electrons. The second-order valence-electron chi connectivity index (χ2n) is 7.38. The molecule has 6 heteroatoms. The summed E-state index contributed by atoms with van der Waals surface area (Å²) >= 11 is 1.68. The highest BCUT2D eigenvalue weighted by atomic mass is 32.1. The molecule has 156 valence electrons. The van der Waals surface area contributed by atoms with Crippen molar-refractivity contribution in [2.45, 2.75) is 6.92 Å². The molecule has 0 aliphatic heterocycles. The van der Waals surface area contributed by atoms with Gasteiger partial charge in [0.1, 0.15) is 16.5 Å². The number of carboxylic acid groups (broad SMARTS) is 1. The molecule has 3 aromatic carbocycles. The van der Waals surface area contributed by atoms with E-state index in [9.17, 15) is 4.79 Å². The Balaban J connectivity index is 1.33. The van der Waals surface area contributed by atoms with Crippen molar-refractivity contribution in [1.82, 2.24) is 4.98 Å². The van der Waals surface area contributed by atoms with Gasteiger partial charge in [-0.05, 0) is 73.2 Å². The van der Waals surface area contributed by atoms with Crippen molar-refractivity contribution in [3.63, 3.8) is 0 Å². The Morgan fingerprint density at radius 3 is 2.66 bits per heavy atom. The third-order valence-corrected chi connectivity index (χ3v) is 6.10. The van der Waals surface area contributed by atoms with Gasteiger partial charge in [-0.3, -0.25) is 4.99 Å². The van der Waals surface area contributed by atoms with E-state index in [1.54, 1.807) is 41.8 Å². The number of thiazole rings is 1. The van der Waals surface area contributed by atoms with Gasteiger partial charge in [0.2, 0.25) is 0 Å². The number of hydrogen-bond acceptors (Lipinski definition) is 5. The Hall–Kier alpha value is -4.03. The van der Waals surface area contributed by atoms with E-state index in [4.69, 9.17) is 14.5 Å². The lowest BCUT2D eigenvalue weighted by molar-refractivity contribution is 0.0697. The number of fused-ring (bicyclic) bond motifs is 1. The van der Waals surface area contributed by atoms with Crippen LogP contribution >= 0.6 is 11.3 Å². The van der Waals surface area contributed by atoms with Crippen molar-refractivity contribution in [2.75, 3.05) is 0 Å². The fourth-order valence-electron chi connectivity index (χ4n) is 3.37. The number of benzene rings is 3. The van der Waals surface area contributed by atoms with Crippen molar-refractivity contribution in [3.05, 3.63) is 95.7 Å². The van der Waals surface area contributed by atoms with Crippen LogP contribution in [0.5, 0.6) is 0 Å². The number of aryl methyl sites for hydroxylation is 1. The van der Waals surface area contributed by atoms with Gasteiger partial charge in [-0.1, -0.05) is 18.2 Å². The third-order valence-electron chi connectivity index (χ3n) is 5.02. The quantitative estimate of drug-likeness (QED) is 0.300. The fourth-order valence-corrected chi connectivity index (χ4v) is 4.32. The van der Waals surface area contributed by atoms with Gasteiger partial charge in [0.15, 0.2) is 0 Å². The van der Waals surface area contributed by atoms with Crippen LogP contribution in [0.2, 0.25) is 0 Å². The lowest BCUT2D eigenvalue weighted by Gasteiger charge is -1.99. The van der Waals surface area contributed by atoms with Crippen LogP contribution in [-0.2, 0) is 0 Å². The minimum atomic E-state index is -0.968. The van der Waals surface area contributed by atoms with E-state index in [1.807, 2.05) is 36.4 Å². The first-order valence-electron chi connectivity index (χ1n) is 10.0. The normalized spacial score (nSPS) is 11.4. The summed E-state index contributed by atoms with van der Waals surface area (Å²) in [6.07, 6.45) is 1.65. The number of aromatic carboxylic acids is 1. The molecular weight excluding hydrogens is 420 g/mol. The van der Waals surface area contributed by atoms with Crippen LogP contribution in [-0.4, -0.2) is 22.3 Å². The molecule has 0 spiro atoms. The van der Waals surface area contributed by atoms with Crippen LogP contribution in [0.15, 0.2) is 88.3 Å². The molecule has 0 saturated carbocycles. The molecule has 0 bridgehead atoms. The molecule has 5 nitrogen and oxygen atoms in total. The van der Waals surface area contributed by atoms with Gasteiger partial charge in [-0.2, -0.15) is 0 Å². The predicted octanol–water partition coefficient (Wildman–Crippen LogP) is 6.98. The Morgan fingerprint density at radius 1 is 1.00 bits per heavy atom. The first-order chi connectivity index (χ1) is 15.5. The largest absolute Gasteiger partial charge is 0.478 e. The van der Waals surface area contributed by atoms with E-state index in [0.717, 1.165) is 21.8 Å². The molecule has 0 aliphatic carbocycles. The van der Waals surface area contributed by atoms with Crippen molar-refractivity contribution in [3.8, 4) is 21.9 Å². The van der Waals surface area contributed by atoms with Gasteiger partial charge in [0, 0.05) is 11.1 Å². The van der Waals surface area contributed by atoms with Crippen LogP contribution < -0.4 is 0 Å². The highest BCUT2D eigenvalue weighted by molar-refractivity contribution is 7.21. The highest BCUT2D eigenvalue weighted by Gasteiger charge is 2.09. The lowest BCUT2D eigenvalue weighted by Crippen LogP contribution is -1.95. The van der Waals surface area contributed by atoms with Crippen molar-refractivity contribution in [2.24, 2.45) is 4.99 Å². The molecule has 0 unspecified atom stereocenters. The topological polar surface area (TPSA) is 75.7 Å². The Kier molecular flexibility index (Phi) is 5.13. The van der Waals surface area contributed by atoms with Gasteiger partial charge < -0.3 is 9.52 Å². The molecule has 0 atom stereocenters. The molecule has 2 aromatic heterocycles. The molecular formula is C26H18N2O3S. The number of carboxylic acids is 1. The van der Waals surface area contributed by atoms with Crippen LogP contribution in [0, 0.1) is 6.92 Å². The zero-order chi connectivity index (χ0) is 22.1. The fraction of sp³-hybridized carbons (Fsp3) is 0.0385. The number of nitrogens with zero attached hydrogens (tertiary/aromatic N) is 2. The SMILES string of the molecule is Cc1ccc2sc(-c3ccc(N=Cc4ccc(-c5cccc(C(=O)O)c5)o4)cc3)nc2c1. The number of rotatable bonds is 5. The number of aliphatic imine (C=N–C) groups is 1. The number of hydrogen-bond donors (Lipinski definition) is 1. The van der Waals surface area contributed by atoms with Gasteiger partial charge >= 0.3 is 5.97 Å². The van der Waals surface area contributed by atoms with E-state index in [1.165, 1.54) is 10.3 Å². The zero-order valence-corrected chi connectivity index (χ0v) is 18.0. The molecule has 0 aliphatic rings. The smallest absolute Gasteiger partial charge is 0.335 e. The minimum Gasteiger partial charge on any atom is -0.478 e. The summed E-state index contributed by atoms with van der Waals surface area (Å²) in [5.74, 6) is 0.215. The monoisotopic (exact) mass is 438 g/mol. The minimum absolute atomic E-state index is 0.220. The summed E-state index contributed by atoms with van der Waals surface area (Å²) in [5, 5.41) is 10.1. The summed E-state index contributed by atoms with van der Waals surface area (Å²) in [6, 6.07) is 24.5. The van der Waals surface area contributed by atoms with Crippen molar-refractivity contribution in [1.29, 1.82) is 0 Å². The maximum atomic E-state index is 11.2. The second kappa shape index (κ2) is 8.24. The summed E-state index contributed by atoms with van der Waals surface area (Å²) < 4.78 is 6.99. The van der Waals surface area contributed by atoms with Crippen LogP contribution in [0.3, 0.4) is 0 Å². The maximum Gasteiger partial charge on any atom is 0.335 e. The molecule has 0 fully saturated rings. The second-order valence-corrected chi connectivity index (χ2v) is 8.41. The average molecular weight is 439 g/mol. The van der Waals surface area contributed by atoms with E-state index in [0.29, 0.717) is 17.1 Å². The first-order valence-corrected chi connectivity index (χ1v) is 10.8. The molecule has 1 N–H and O–H groups in total. The van der Waals surface area contributed by atoms with E-state index >= 15 is 0 Å². The Morgan fingerprint density at radius 2 is 1.84 bits per heavy atom. The van der Waals surface area contributed by atoms with Crippen LogP contribution in [0.25, 0.3) is 32.1 Å². The molecule has 0 amide bonds. The number of furan rings is 1. The van der Waals surface area contributed by atoms with Crippen LogP contribution in [0.1, 0.15) is 21.7 Å². The summed E-state index contributed by atoms with van der Waals surface area (Å²) in [7, 11) is 0. The summed E-state index contributed by atoms with van der Waals surface area (Å²) in [4.78, 5) is 20.4. The third kappa shape index (κ3) is 4.08. The number of carbonyl (C=O) groups is 1. The first kappa shape index (κ1) is 19.9. The molecule has 5 aromatic rings. The van der Waals surface area contributed by atoms with Crippen LogP contribution in [0.4, 0.5) is 5.69 Å². The standard InChI is InChI=1S/C26H18N2O3S/c1-16-5-12-24-22(13-16)28-25(32-24)17-6-8-20(9-7-17)27-15-21-10-11-23(31-21)18-3-2-4-19(14-18)26(29)30/h2-15H,1H3,(H,29,30). The maximum absolute atomic E-state index is 11.2. The molecule has 0 saturated heterocycles. The zero-order valence-electron chi connectivity index (χ0n) is 17.1. The van der Waals surface area contributed by atoms with Gasteiger partial charge in [-0.25, -0.2) is 9.78 Å². The van der Waals surface area contributed by atoms with Gasteiger partial charge in [0.25, 0.3) is 0 Å². The number of aromatic nitrogens is 1.